The zero-order chi connectivity index (χ0) is 37.0. The van der Waals surface area contributed by atoms with Gasteiger partial charge in [-0.25, -0.2) is 4.21 Å². The molecule has 1 spiro atoms. The van der Waals surface area contributed by atoms with Gasteiger partial charge in [-0.1, -0.05) is 36.7 Å². The minimum Gasteiger partial charge on any atom is -0.490 e. The molecular weight excluding hydrogens is 708 g/mol. The number of carbonyl (C=O) groups is 1. The van der Waals surface area contributed by atoms with Crippen LogP contribution in [-0.2, 0) is 31.0 Å². The summed E-state index contributed by atoms with van der Waals surface area (Å²) in [6, 6.07) is 12.6. The number of allylic oxidation sites excluding steroid dienone is 1. The predicted molar refractivity (Wildman–Crippen MR) is 214 cm³/mol. The summed E-state index contributed by atoms with van der Waals surface area (Å²) in [5.74, 6) is 5.22. The molecule has 2 aliphatic carbocycles. The van der Waals surface area contributed by atoms with Crippen LogP contribution >= 0.6 is 11.6 Å². The number of nitrogens with one attached hydrogen (secondary N) is 1. The van der Waals surface area contributed by atoms with Crippen molar-refractivity contribution in [2.24, 2.45) is 17.8 Å². The number of rotatable bonds is 4. The minimum absolute atomic E-state index is 0.0336. The first-order valence-corrected chi connectivity index (χ1v) is 21.9. The van der Waals surface area contributed by atoms with E-state index >= 15 is 0 Å². The van der Waals surface area contributed by atoms with Crippen LogP contribution in [0.15, 0.2) is 48.6 Å². The third kappa shape index (κ3) is 7.17. The van der Waals surface area contributed by atoms with Gasteiger partial charge in [0.2, 0.25) is 0 Å². The number of hydrogen-bond donors (Lipinski definition) is 1. The van der Waals surface area contributed by atoms with Gasteiger partial charge in [-0.2, -0.15) is 0 Å². The van der Waals surface area contributed by atoms with Crippen LogP contribution in [0.4, 0.5) is 5.69 Å². The van der Waals surface area contributed by atoms with Crippen LogP contribution < -0.4 is 14.4 Å². The molecule has 2 bridgehead atoms. The van der Waals surface area contributed by atoms with Gasteiger partial charge < -0.3 is 19.1 Å². The molecule has 2 aromatic carbocycles. The Bertz CT molecular complexity index is 1830. The lowest BCUT2D eigenvalue weighted by Crippen LogP contribution is -2.66. The fraction of sp³-hybridized carbons (Fsp3) is 0.619. The molecule has 53 heavy (non-hydrogen) atoms. The van der Waals surface area contributed by atoms with Crippen molar-refractivity contribution in [3.63, 3.8) is 0 Å². The molecule has 288 valence electrons. The normalized spacial score (nSPS) is 36.2. The molecule has 11 heteroatoms. The van der Waals surface area contributed by atoms with Gasteiger partial charge >= 0.3 is 0 Å². The van der Waals surface area contributed by atoms with Crippen molar-refractivity contribution in [3.05, 3.63) is 70.3 Å². The predicted octanol–water partition coefficient (Wildman–Crippen LogP) is 5.59. The molecular formula is C42H57ClN4O5S. The highest BCUT2D eigenvalue weighted by atomic mass is 35.5. The summed E-state index contributed by atoms with van der Waals surface area (Å²) < 4.78 is 36.0. The first kappa shape index (κ1) is 37.3. The van der Waals surface area contributed by atoms with Crippen LogP contribution in [0.25, 0.3) is 0 Å². The maximum absolute atomic E-state index is 14.0. The first-order valence-electron chi connectivity index (χ1n) is 19.7. The molecule has 3 fully saturated rings. The number of hydrogen-bond acceptors (Lipinski definition) is 8. The highest BCUT2D eigenvalue weighted by Gasteiger charge is 2.51. The van der Waals surface area contributed by atoms with Crippen LogP contribution in [0.1, 0.15) is 67.4 Å². The Morgan fingerprint density at radius 2 is 1.91 bits per heavy atom. The number of fused-ring (bicyclic) bond motifs is 4. The second-order valence-electron chi connectivity index (χ2n) is 16.9. The lowest BCUT2D eigenvalue weighted by Gasteiger charge is -2.54. The van der Waals surface area contributed by atoms with Crippen molar-refractivity contribution in [3.8, 4) is 5.75 Å². The SMILES string of the molecule is C=S1(=O)NC(=O)c2ccc3c(c2)N(C[C@@H]2CC[C@H]2[C@@](CN2CC(N4CCOCC4)C2)(OC)/C=C/C[C@H](C)[C@H]1C)C[C@@]1(CCCc2cc(Cl)ccc21)CO3. The molecule has 7 atom stereocenters. The number of aryl methyl sites for hydroxylation is 1. The third-order valence-electron chi connectivity index (χ3n) is 13.7. The zero-order valence-electron chi connectivity index (χ0n) is 31.7. The smallest absolute Gasteiger partial charge is 0.262 e. The zero-order valence-corrected chi connectivity index (χ0v) is 33.3. The van der Waals surface area contributed by atoms with Gasteiger partial charge in [-0.05, 0) is 111 Å². The maximum Gasteiger partial charge on any atom is 0.262 e. The Morgan fingerprint density at radius 3 is 2.66 bits per heavy atom. The average molecular weight is 765 g/mol. The highest BCUT2D eigenvalue weighted by Crippen LogP contribution is 2.49. The number of halogens is 1. The number of ether oxygens (including phenoxy) is 3. The van der Waals surface area contributed by atoms with Crippen molar-refractivity contribution in [2.75, 3.05) is 77.6 Å². The van der Waals surface area contributed by atoms with Gasteiger partial charge in [0.15, 0.2) is 0 Å². The van der Waals surface area contributed by atoms with Crippen molar-refractivity contribution >= 4 is 38.8 Å². The summed E-state index contributed by atoms with van der Waals surface area (Å²) in [4.78, 5) is 21.5. The van der Waals surface area contributed by atoms with Crippen molar-refractivity contribution in [1.82, 2.24) is 14.5 Å². The van der Waals surface area contributed by atoms with Crippen molar-refractivity contribution in [2.45, 2.75) is 74.7 Å². The maximum atomic E-state index is 14.0. The van der Waals surface area contributed by atoms with Crippen molar-refractivity contribution in [1.29, 1.82) is 0 Å². The fourth-order valence-electron chi connectivity index (χ4n) is 10.1. The number of amides is 1. The van der Waals surface area contributed by atoms with E-state index in [0.29, 0.717) is 30.0 Å². The molecule has 0 aromatic heterocycles. The van der Waals surface area contributed by atoms with Gasteiger partial charge in [-0.15, -0.1) is 0 Å². The summed E-state index contributed by atoms with van der Waals surface area (Å²) in [6.07, 6.45) is 10.6. The van der Waals surface area contributed by atoms with Crippen LogP contribution in [0, 0.1) is 17.8 Å². The number of morpholine rings is 1. The summed E-state index contributed by atoms with van der Waals surface area (Å²) >= 11 is 6.52. The van der Waals surface area contributed by atoms with E-state index in [9.17, 15) is 9.00 Å². The van der Waals surface area contributed by atoms with Crippen LogP contribution in [0.2, 0.25) is 5.02 Å². The van der Waals surface area contributed by atoms with Gasteiger partial charge in [-0.3, -0.25) is 19.3 Å². The van der Waals surface area contributed by atoms with E-state index in [0.717, 1.165) is 114 Å². The molecule has 0 radical (unpaired) electrons. The van der Waals surface area contributed by atoms with E-state index in [2.05, 4.69) is 56.5 Å². The Balaban J connectivity index is 1.16. The molecule has 1 saturated carbocycles. The molecule has 6 aliphatic rings. The number of likely N-dealkylation sites (tertiary alicyclic amines) is 1. The number of nitrogens with zero attached hydrogens (tertiary/aromatic N) is 3. The van der Waals surface area contributed by atoms with Gasteiger partial charge in [0.25, 0.3) is 5.91 Å². The monoisotopic (exact) mass is 764 g/mol. The average Bonchev–Trinajstić information content (AvgIpc) is 3.27. The molecule has 2 saturated heterocycles. The molecule has 4 heterocycles. The number of methoxy groups -OCH3 is 1. The summed E-state index contributed by atoms with van der Waals surface area (Å²) in [6.45, 7) is 12.8. The van der Waals surface area contributed by atoms with E-state index in [1.807, 2.05) is 32.2 Å². The summed E-state index contributed by atoms with van der Waals surface area (Å²) in [5, 5.41) is 0.437. The number of anilines is 1. The lowest BCUT2D eigenvalue weighted by atomic mass is 9.63. The quantitative estimate of drug-likeness (QED) is 0.319. The standard InChI is InChI=1S/C42H57ClN4O5S/c1-29-7-5-16-42(50-3,27-45-24-35(25-45)46-17-19-51-20-18-46)37-12-9-33(37)23-47-26-41(15-6-8-31-21-34(43)11-13-36(31)41)28-52-39-14-10-32(22-38(39)47)40(48)44-53(4,49)30(29)2/h5,10-11,13-14,16,21-22,29-30,33,35,37H,4,6-9,12,15,17-20,23-28H2,1-3H3,(H,44,48,49)/b16-5+/t29-,30+,33-,37+,41-,42+,53?/m0/s1. The van der Waals surface area contributed by atoms with Crippen LogP contribution in [0.3, 0.4) is 0 Å². The summed E-state index contributed by atoms with van der Waals surface area (Å²) in [5.41, 5.74) is 3.32. The molecule has 9 nitrogen and oxygen atoms in total. The van der Waals surface area contributed by atoms with Crippen LogP contribution in [-0.4, -0.2) is 115 Å². The molecule has 4 aliphatic heterocycles. The van der Waals surface area contributed by atoms with Gasteiger partial charge in [0, 0.05) is 80.2 Å². The van der Waals surface area contributed by atoms with Crippen LogP contribution in [0.5, 0.6) is 5.75 Å². The van der Waals surface area contributed by atoms with E-state index in [1.165, 1.54) is 11.1 Å². The van der Waals surface area contributed by atoms with E-state index < -0.39 is 15.3 Å². The Kier molecular flexibility index (Phi) is 10.4. The molecule has 1 N–H and O–H groups in total. The minimum atomic E-state index is -2.95. The molecule has 8 rings (SSSR count). The highest BCUT2D eigenvalue weighted by molar-refractivity contribution is 7.99. The Labute approximate surface area is 321 Å². The van der Waals surface area contributed by atoms with Gasteiger partial charge in [0.1, 0.15) is 11.4 Å². The van der Waals surface area contributed by atoms with E-state index in [-0.39, 0.29) is 22.5 Å². The molecule has 1 amide bonds. The Hall–Kier alpha value is -2.60. The lowest BCUT2D eigenvalue weighted by molar-refractivity contribution is -0.113. The topological polar surface area (TPSA) is 83.6 Å². The van der Waals surface area contributed by atoms with E-state index in [1.54, 1.807) is 6.07 Å². The second-order valence-corrected chi connectivity index (χ2v) is 19.7. The third-order valence-corrected chi connectivity index (χ3v) is 16.2. The molecule has 1 unspecified atom stereocenters. The molecule has 2 aromatic rings. The largest absolute Gasteiger partial charge is 0.490 e. The first-order chi connectivity index (χ1) is 25.5. The van der Waals surface area contributed by atoms with Gasteiger partial charge in [0.05, 0.1) is 35.2 Å². The number of benzene rings is 2. The van der Waals surface area contributed by atoms with Crippen molar-refractivity contribution < 1.29 is 23.2 Å². The summed E-state index contributed by atoms with van der Waals surface area (Å²) in [7, 11) is -1.06. The second kappa shape index (κ2) is 14.8. The fourth-order valence-corrected chi connectivity index (χ4v) is 11.8. The number of carbonyl (C=O) groups excluding carboxylic acids is 1. The Morgan fingerprint density at radius 1 is 1.09 bits per heavy atom. The van der Waals surface area contributed by atoms with E-state index in [4.69, 9.17) is 25.8 Å².